The normalized spacial score (nSPS) is 10.5. The number of amides is 3. The Kier molecular flexibility index (Phi) is 8.32. The fourth-order valence-corrected chi connectivity index (χ4v) is 3.98. The van der Waals surface area contributed by atoms with E-state index in [1.165, 1.54) is 16.2 Å². The van der Waals surface area contributed by atoms with Crippen LogP contribution >= 0.6 is 11.3 Å². The Labute approximate surface area is 197 Å². The fraction of sp³-hybridized carbons (Fsp3) is 0.280. The van der Waals surface area contributed by atoms with Crippen molar-refractivity contribution in [2.45, 2.75) is 33.6 Å². The number of aromatic nitrogens is 1. The summed E-state index contributed by atoms with van der Waals surface area (Å²) in [6.45, 7) is 6.38. The largest absolute Gasteiger partial charge is 0.329 e. The van der Waals surface area contributed by atoms with Crippen LogP contribution in [0.25, 0.3) is 0 Å². The topological polar surface area (TPSA) is 91.4 Å². The lowest BCUT2D eigenvalue weighted by Gasteiger charge is -2.21. The van der Waals surface area contributed by atoms with E-state index in [1.807, 2.05) is 45.0 Å². The Hall–Kier alpha value is -3.52. The third kappa shape index (κ3) is 6.98. The molecule has 0 saturated carbocycles. The van der Waals surface area contributed by atoms with E-state index in [2.05, 4.69) is 15.6 Å². The van der Waals surface area contributed by atoms with Gasteiger partial charge in [-0.25, -0.2) is 4.98 Å². The first-order valence-electron chi connectivity index (χ1n) is 10.8. The van der Waals surface area contributed by atoms with Crippen LogP contribution in [0.15, 0.2) is 53.9 Å². The molecule has 2 aromatic carbocycles. The number of hydrogen-bond acceptors (Lipinski definition) is 5. The highest BCUT2D eigenvalue weighted by atomic mass is 32.1. The summed E-state index contributed by atoms with van der Waals surface area (Å²) in [7, 11) is 0. The van der Waals surface area contributed by atoms with Gasteiger partial charge in [-0.3, -0.25) is 14.4 Å². The van der Waals surface area contributed by atoms with Gasteiger partial charge in [-0.2, -0.15) is 0 Å². The first-order chi connectivity index (χ1) is 15.9. The van der Waals surface area contributed by atoms with Crippen LogP contribution in [0.3, 0.4) is 0 Å². The summed E-state index contributed by atoms with van der Waals surface area (Å²) in [6, 6.07) is 14.7. The van der Waals surface area contributed by atoms with Gasteiger partial charge in [0.15, 0.2) is 5.13 Å². The van der Waals surface area contributed by atoms with Crippen molar-refractivity contribution in [3.8, 4) is 0 Å². The van der Waals surface area contributed by atoms with E-state index in [0.717, 1.165) is 23.2 Å². The predicted molar refractivity (Wildman–Crippen MR) is 132 cm³/mol. The van der Waals surface area contributed by atoms with E-state index in [1.54, 1.807) is 29.6 Å². The molecule has 1 heterocycles. The Morgan fingerprint density at radius 2 is 1.73 bits per heavy atom. The monoisotopic (exact) mass is 464 g/mol. The van der Waals surface area contributed by atoms with Gasteiger partial charge < -0.3 is 15.5 Å². The first-order valence-corrected chi connectivity index (χ1v) is 11.7. The van der Waals surface area contributed by atoms with Crippen molar-refractivity contribution in [3.63, 3.8) is 0 Å². The van der Waals surface area contributed by atoms with Gasteiger partial charge in [-0.1, -0.05) is 31.2 Å². The number of nitrogens with zero attached hydrogens (tertiary/aromatic N) is 2. The van der Waals surface area contributed by atoms with E-state index in [-0.39, 0.29) is 30.7 Å². The average molecular weight is 465 g/mol. The van der Waals surface area contributed by atoms with Gasteiger partial charge in [0.05, 0.1) is 12.1 Å². The Bertz CT molecular complexity index is 1130. The van der Waals surface area contributed by atoms with Crippen LogP contribution in [0.1, 0.15) is 40.5 Å². The second-order valence-electron chi connectivity index (χ2n) is 7.81. The third-order valence-electron chi connectivity index (χ3n) is 5.07. The minimum Gasteiger partial charge on any atom is -0.329 e. The zero-order valence-corrected chi connectivity index (χ0v) is 19.9. The maximum absolute atomic E-state index is 12.7. The molecule has 0 spiro atoms. The van der Waals surface area contributed by atoms with Gasteiger partial charge in [-0.05, 0) is 55.7 Å². The standard InChI is InChI=1S/C25H28N4O3S/c1-4-12-29(24(32)19-8-6-5-7-9-19)15-23(31)28-25-27-21(16-33-25)14-22(30)26-20-11-10-17(2)18(3)13-20/h5-11,13,16H,4,12,14-15H2,1-3H3,(H,26,30)(H,27,28,31). The Morgan fingerprint density at radius 3 is 2.42 bits per heavy atom. The third-order valence-corrected chi connectivity index (χ3v) is 5.87. The molecule has 3 rings (SSSR count). The van der Waals surface area contributed by atoms with Crippen LogP contribution in [0.4, 0.5) is 10.8 Å². The second-order valence-corrected chi connectivity index (χ2v) is 8.67. The van der Waals surface area contributed by atoms with Gasteiger partial charge in [0.1, 0.15) is 6.54 Å². The molecule has 2 N–H and O–H groups in total. The Morgan fingerprint density at radius 1 is 0.970 bits per heavy atom. The molecule has 0 unspecified atom stereocenters. The number of nitrogens with one attached hydrogen (secondary N) is 2. The molecule has 0 saturated heterocycles. The van der Waals surface area contributed by atoms with Crippen LogP contribution in [0.2, 0.25) is 0 Å². The lowest BCUT2D eigenvalue weighted by molar-refractivity contribution is -0.117. The summed E-state index contributed by atoms with van der Waals surface area (Å²) in [5, 5.41) is 7.75. The molecule has 0 radical (unpaired) electrons. The van der Waals surface area contributed by atoms with E-state index < -0.39 is 0 Å². The average Bonchev–Trinajstić information content (AvgIpc) is 3.22. The molecule has 0 aliphatic carbocycles. The van der Waals surface area contributed by atoms with Crippen LogP contribution in [0, 0.1) is 13.8 Å². The summed E-state index contributed by atoms with van der Waals surface area (Å²) in [5.74, 6) is -0.687. The molecule has 7 nitrogen and oxygen atoms in total. The van der Waals surface area contributed by atoms with E-state index >= 15 is 0 Å². The predicted octanol–water partition coefficient (Wildman–Crippen LogP) is 4.43. The summed E-state index contributed by atoms with van der Waals surface area (Å²) < 4.78 is 0. The van der Waals surface area contributed by atoms with Crippen molar-refractivity contribution in [2.24, 2.45) is 0 Å². The summed E-state index contributed by atoms with van der Waals surface area (Å²) in [4.78, 5) is 43.5. The quantitative estimate of drug-likeness (QED) is 0.490. The summed E-state index contributed by atoms with van der Waals surface area (Å²) >= 11 is 1.25. The number of hydrogen-bond donors (Lipinski definition) is 2. The highest BCUT2D eigenvalue weighted by Gasteiger charge is 2.19. The molecule has 0 atom stereocenters. The zero-order valence-electron chi connectivity index (χ0n) is 19.1. The number of anilines is 2. The SMILES string of the molecule is CCCN(CC(=O)Nc1nc(CC(=O)Nc2ccc(C)c(C)c2)cs1)C(=O)c1ccccc1. The van der Waals surface area contributed by atoms with Crippen LogP contribution in [-0.4, -0.2) is 40.7 Å². The van der Waals surface area contributed by atoms with Gasteiger partial charge in [-0.15, -0.1) is 11.3 Å². The molecule has 172 valence electrons. The van der Waals surface area contributed by atoms with E-state index in [9.17, 15) is 14.4 Å². The van der Waals surface area contributed by atoms with Crippen molar-refractivity contribution in [1.82, 2.24) is 9.88 Å². The van der Waals surface area contributed by atoms with Crippen LogP contribution in [0.5, 0.6) is 0 Å². The number of rotatable bonds is 9. The highest BCUT2D eigenvalue weighted by molar-refractivity contribution is 7.13. The van der Waals surface area contributed by atoms with Crippen molar-refractivity contribution in [2.75, 3.05) is 23.7 Å². The van der Waals surface area contributed by atoms with E-state index in [4.69, 9.17) is 0 Å². The smallest absolute Gasteiger partial charge is 0.254 e. The van der Waals surface area contributed by atoms with Crippen molar-refractivity contribution in [1.29, 1.82) is 0 Å². The molecule has 8 heteroatoms. The zero-order chi connectivity index (χ0) is 23.8. The molecule has 0 fully saturated rings. The molecular formula is C25H28N4O3S. The van der Waals surface area contributed by atoms with E-state index in [0.29, 0.717) is 22.9 Å². The maximum Gasteiger partial charge on any atom is 0.254 e. The number of thiazole rings is 1. The molecule has 3 aromatic rings. The molecule has 0 aliphatic rings. The lowest BCUT2D eigenvalue weighted by atomic mass is 10.1. The molecule has 3 amide bonds. The van der Waals surface area contributed by atoms with Gasteiger partial charge in [0.2, 0.25) is 11.8 Å². The van der Waals surface area contributed by atoms with Crippen LogP contribution in [-0.2, 0) is 16.0 Å². The molecular weight excluding hydrogens is 436 g/mol. The maximum atomic E-state index is 12.7. The molecule has 0 bridgehead atoms. The molecule has 0 aliphatic heterocycles. The number of benzene rings is 2. The van der Waals surface area contributed by atoms with Crippen molar-refractivity contribution < 1.29 is 14.4 Å². The van der Waals surface area contributed by atoms with Gasteiger partial charge in [0.25, 0.3) is 5.91 Å². The minimum absolute atomic E-state index is 0.0657. The van der Waals surface area contributed by atoms with Crippen molar-refractivity contribution in [3.05, 3.63) is 76.3 Å². The second kappa shape index (κ2) is 11.4. The molecule has 1 aromatic heterocycles. The lowest BCUT2D eigenvalue weighted by Crippen LogP contribution is -2.38. The number of aryl methyl sites for hydroxylation is 2. The van der Waals surface area contributed by atoms with Gasteiger partial charge >= 0.3 is 0 Å². The fourth-order valence-electron chi connectivity index (χ4n) is 3.25. The first kappa shape index (κ1) is 24.1. The van der Waals surface area contributed by atoms with Crippen LogP contribution < -0.4 is 10.6 Å². The molecule has 33 heavy (non-hydrogen) atoms. The number of carbonyl (C=O) groups excluding carboxylic acids is 3. The van der Waals surface area contributed by atoms with Gasteiger partial charge in [0, 0.05) is 23.2 Å². The van der Waals surface area contributed by atoms with Crippen molar-refractivity contribution >= 4 is 39.9 Å². The minimum atomic E-state index is -0.326. The summed E-state index contributed by atoms with van der Waals surface area (Å²) in [6.07, 6.45) is 0.844. The highest BCUT2D eigenvalue weighted by Crippen LogP contribution is 2.18. The Balaban J connectivity index is 1.55. The summed E-state index contributed by atoms with van der Waals surface area (Å²) in [5.41, 5.74) is 4.13. The number of carbonyl (C=O) groups is 3.